The number of ether oxygens (including phenoxy) is 1. The van der Waals surface area contributed by atoms with Crippen molar-refractivity contribution >= 4 is 29.2 Å². The molecule has 0 saturated heterocycles. The molecule has 8 heteroatoms. The Bertz CT molecular complexity index is 1140. The van der Waals surface area contributed by atoms with Gasteiger partial charge in [0.05, 0.1) is 22.7 Å². The van der Waals surface area contributed by atoms with Crippen LogP contribution < -0.4 is 20.3 Å². The molecule has 0 fully saturated rings. The lowest BCUT2D eigenvalue weighted by Gasteiger charge is -2.36. The highest BCUT2D eigenvalue weighted by atomic mass is 32.2. The first-order valence-corrected chi connectivity index (χ1v) is 10.9. The van der Waals surface area contributed by atoms with Crippen LogP contribution in [0.2, 0.25) is 0 Å². The second-order valence-electron chi connectivity index (χ2n) is 7.49. The standard InChI is InChI=1S/C23H22N4O3S/c1-13-12-15(30-14-6-4-3-5-7-14)8-9-16(13)27-17-10-11-25-22-18(17)19(26-23(27)29)20(31-22)21(28)24-2/h3-12,19-21,24,28H,1-2H3,(H,26,29). The van der Waals surface area contributed by atoms with Crippen molar-refractivity contribution in [3.63, 3.8) is 0 Å². The van der Waals surface area contributed by atoms with E-state index >= 15 is 0 Å². The number of nitrogens with zero attached hydrogens (tertiary/aromatic N) is 2. The maximum atomic E-state index is 13.2. The summed E-state index contributed by atoms with van der Waals surface area (Å²) in [5.74, 6) is 1.46. The molecule has 3 aromatic rings. The summed E-state index contributed by atoms with van der Waals surface area (Å²) in [7, 11) is 1.70. The van der Waals surface area contributed by atoms with Gasteiger partial charge in [-0.15, -0.1) is 0 Å². The Hall–Kier alpha value is -3.07. The summed E-state index contributed by atoms with van der Waals surface area (Å²) in [4.78, 5) is 19.3. The zero-order valence-electron chi connectivity index (χ0n) is 17.1. The molecule has 2 aromatic carbocycles. The zero-order valence-corrected chi connectivity index (χ0v) is 17.9. The Morgan fingerprint density at radius 2 is 1.97 bits per heavy atom. The lowest BCUT2D eigenvalue weighted by atomic mass is 9.99. The van der Waals surface area contributed by atoms with E-state index < -0.39 is 6.23 Å². The van der Waals surface area contributed by atoms with Crippen LogP contribution in [0.3, 0.4) is 0 Å². The Morgan fingerprint density at radius 3 is 2.71 bits per heavy atom. The molecular formula is C23H22N4O3S. The third kappa shape index (κ3) is 3.42. The average molecular weight is 435 g/mol. The molecule has 7 nitrogen and oxygen atoms in total. The minimum Gasteiger partial charge on any atom is -0.457 e. The van der Waals surface area contributed by atoms with Gasteiger partial charge in [-0.2, -0.15) is 0 Å². The van der Waals surface area contributed by atoms with E-state index in [0.29, 0.717) is 5.75 Å². The van der Waals surface area contributed by atoms with Gasteiger partial charge in [0.15, 0.2) is 0 Å². The van der Waals surface area contributed by atoms with Gasteiger partial charge in [0, 0.05) is 11.8 Å². The van der Waals surface area contributed by atoms with Crippen LogP contribution >= 0.6 is 11.8 Å². The van der Waals surface area contributed by atoms with E-state index in [-0.39, 0.29) is 17.3 Å². The SMILES string of the molecule is CNC(O)C1Sc2nccc3c2C1NC(=O)N3c1ccc(Oc2ccccc2)cc1C. The first-order chi connectivity index (χ1) is 15.1. The Kier molecular flexibility index (Phi) is 5.05. The number of benzene rings is 2. The van der Waals surface area contributed by atoms with E-state index in [1.165, 1.54) is 11.8 Å². The minimum absolute atomic E-state index is 0.231. The number of pyridine rings is 1. The Labute approximate surface area is 184 Å². The van der Waals surface area contributed by atoms with Gasteiger partial charge in [0.1, 0.15) is 22.8 Å². The number of anilines is 2. The van der Waals surface area contributed by atoms with Crippen LogP contribution in [0.5, 0.6) is 11.5 Å². The zero-order chi connectivity index (χ0) is 21.5. The number of thioether (sulfide) groups is 1. The van der Waals surface area contributed by atoms with E-state index in [0.717, 1.165) is 33.3 Å². The first kappa shape index (κ1) is 19.9. The number of hydrogen-bond acceptors (Lipinski definition) is 6. The number of nitrogens with one attached hydrogen (secondary N) is 2. The van der Waals surface area contributed by atoms with Crippen molar-refractivity contribution in [2.45, 2.75) is 29.5 Å². The van der Waals surface area contributed by atoms with E-state index in [9.17, 15) is 9.90 Å². The molecule has 3 atom stereocenters. The van der Waals surface area contributed by atoms with Gasteiger partial charge in [-0.3, -0.25) is 10.2 Å². The lowest BCUT2D eigenvalue weighted by Crippen LogP contribution is -2.50. The van der Waals surface area contributed by atoms with Gasteiger partial charge < -0.3 is 15.2 Å². The lowest BCUT2D eigenvalue weighted by molar-refractivity contribution is 0.132. The summed E-state index contributed by atoms with van der Waals surface area (Å²) < 4.78 is 5.93. The van der Waals surface area contributed by atoms with Gasteiger partial charge in [0.25, 0.3) is 0 Å². The van der Waals surface area contributed by atoms with Crippen molar-refractivity contribution in [3.05, 3.63) is 71.9 Å². The minimum atomic E-state index is -0.764. The second-order valence-corrected chi connectivity index (χ2v) is 8.66. The van der Waals surface area contributed by atoms with Crippen molar-refractivity contribution in [2.75, 3.05) is 11.9 Å². The molecule has 3 N–H and O–H groups in total. The fourth-order valence-corrected chi connectivity index (χ4v) is 5.41. The largest absolute Gasteiger partial charge is 0.457 e. The van der Waals surface area contributed by atoms with E-state index in [1.807, 2.05) is 61.5 Å². The molecule has 3 unspecified atom stereocenters. The van der Waals surface area contributed by atoms with E-state index in [2.05, 4.69) is 15.6 Å². The number of aliphatic hydroxyl groups excluding tert-OH is 1. The number of hydrogen-bond donors (Lipinski definition) is 3. The van der Waals surface area contributed by atoms with Gasteiger partial charge in [0.2, 0.25) is 0 Å². The highest BCUT2D eigenvalue weighted by molar-refractivity contribution is 8.00. The molecule has 1 aromatic heterocycles. The molecule has 0 radical (unpaired) electrons. The number of amides is 2. The molecule has 0 saturated carbocycles. The predicted molar refractivity (Wildman–Crippen MR) is 120 cm³/mol. The molecule has 31 heavy (non-hydrogen) atoms. The maximum Gasteiger partial charge on any atom is 0.327 e. The van der Waals surface area contributed by atoms with E-state index in [1.54, 1.807) is 18.1 Å². The summed E-state index contributed by atoms with van der Waals surface area (Å²) >= 11 is 1.48. The number of carbonyl (C=O) groups excluding carboxylic acids is 1. The van der Waals surface area contributed by atoms with Crippen molar-refractivity contribution in [1.82, 2.24) is 15.6 Å². The molecule has 0 spiro atoms. The van der Waals surface area contributed by atoms with Crippen LogP contribution in [-0.4, -0.2) is 34.6 Å². The third-order valence-electron chi connectivity index (χ3n) is 5.54. The summed E-state index contributed by atoms with van der Waals surface area (Å²) in [6.07, 6.45) is 0.945. The van der Waals surface area contributed by atoms with Crippen LogP contribution in [0.1, 0.15) is 17.2 Å². The topological polar surface area (TPSA) is 86.7 Å². The molecular weight excluding hydrogens is 412 g/mol. The van der Waals surface area contributed by atoms with Crippen LogP contribution in [0.25, 0.3) is 0 Å². The molecule has 0 bridgehead atoms. The molecule has 2 aliphatic heterocycles. The number of carbonyl (C=O) groups is 1. The molecule has 2 amide bonds. The average Bonchev–Trinajstić information content (AvgIpc) is 3.14. The first-order valence-electron chi connectivity index (χ1n) is 10.0. The fourth-order valence-electron chi connectivity index (χ4n) is 4.07. The quantitative estimate of drug-likeness (QED) is 0.524. The number of aromatic nitrogens is 1. The van der Waals surface area contributed by atoms with Gasteiger partial charge >= 0.3 is 6.03 Å². The molecule has 3 heterocycles. The monoisotopic (exact) mass is 434 g/mol. The van der Waals surface area contributed by atoms with Crippen LogP contribution in [0.4, 0.5) is 16.2 Å². The van der Waals surface area contributed by atoms with E-state index in [4.69, 9.17) is 4.74 Å². The highest BCUT2D eigenvalue weighted by Gasteiger charge is 2.46. The predicted octanol–water partition coefficient (Wildman–Crippen LogP) is 4.10. The van der Waals surface area contributed by atoms with Crippen LogP contribution in [-0.2, 0) is 0 Å². The van der Waals surface area contributed by atoms with Gasteiger partial charge in [-0.05, 0) is 55.9 Å². The number of para-hydroxylation sites is 1. The number of aliphatic hydroxyl groups is 1. The summed E-state index contributed by atoms with van der Waals surface area (Å²) in [6, 6.07) is 16.6. The van der Waals surface area contributed by atoms with Crippen molar-refractivity contribution in [1.29, 1.82) is 0 Å². The van der Waals surface area contributed by atoms with Gasteiger partial charge in [-0.1, -0.05) is 30.0 Å². The number of aryl methyl sites for hydroxylation is 1. The Morgan fingerprint density at radius 1 is 1.16 bits per heavy atom. The Balaban J connectivity index is 1.51. The van der Waals surface area contributed by atoms with Crippen LogP contribution in [0, 0.1) is 6.92 Å². The fraction of sp³-hybridized carbons (Fsp3) is 0.217. The molecule has 158 valence electrons. The van der Waals surface area contributed by atoms with Crippen molar-refractivity contribution in [2.24, 2.45) is 0 Å². The summed E-state index contributed by atoms with van der Waals surface area (Å²) in [6.45, 7) is 1.95. The smallest absolute Gasteiger partial charge is 0.327 e. The second kappa shape index (κ2) is 7.88. The summed E-state index contributed by atoms with van der Waals surface area (Å²) in [5, 5.41) is 16.9. The molecule has 2 aliphatic rings. The van der Waals surface area contributed by atoms with Crippen LogP contribution in [0.15, 0.2) is 65.8 Å². The van der Waals surface area contributed by atoms with Gasteiger partial charge in [-0.25, -0.2) is 9.78 Å². The third-order valence-corrected chi connectivity index (χ3v) is 6.89. The highest BCUT2D eigenvalue weighted by Crippen LogP contribution is 2.51. The molecule has 0 aliphatic carbocycles. The molecule has 5 rings (SSSR count). The van der Waals surface area contributed by atoms with Crippen molar-refractivity contribution in [3.8, 4) is 11.5 Å². The summed E-state index contributed by atoms with van der Waals surface area (Å²) in [5.41, 5.74) is 3.41. The normalized spacial score (nSPS) is 20.2. The maximum absolute atomic E-state index is 13.2. The number of rotatable bonds is 5. The number of urea groups is 1. The van der Waals surface area contributed by atoms with Crippen molar-refractivity contribution < 1.29 is 14.6 Å².